The average Bonchev–Trinajstić information content (AvgIpc) is 2.95. The minimum absolute atomic E-state index is 0.382. The summed E-state index contributed by atoms with van der Waals surface area (Å²) in [6.45, 7) is 4.62. The molecule has 4 unspecified atom stereocenters. The van der Waals surface area contributed by atoms with Crippen LogP contribution in [0.25, 0.3) is 0 Å². The lowest BCUT2D eigenvalue weighted by molar-refractivity contribution is 0.00498. The fourth-order valence-corrected chi connectivity index (χ4v) is 4.97. The van der Waals surface area contributed by atoms with Crippen LogP contribution in [0.15, 0.2) is 0 Å². The third kappa shape index (κ3) is 1.94. The molecule has 2 aliphatic carbocycles. The van der Waals surface area contributed by atoms with Gasteiger partial charge in [-0.25, -0.2) is 0 Å². The van der Waals surface area contributed by atoms with Crippen LogP contribution >= 0.6 is 0 Å². The number of nitrogens with zero attached hydrogens (tertiary/aromatic N) is 1. The lowest BCUT2D eigenvalue weighted by Gasteiger charge is -2.49. The summed E-state index contributed by atoms with van der Waals surface area (Å²) in [6, 6.07) is 0.887. The largest absolute Gasteiger partial charge is 0.329 e. The fraction of sp³-hybridized carbons (Fsp3) is 1.00. The molecule has 1 aliphatic heterocycles. The van der Waals surface area contributed by atoms with Crippen LogP contribution in [0.5, 0.6) is 0 Å². The lowest BCUT2D eigenvalue weighted by atomic mass is 9.84. The van der Waals surface area contributed by atoms with Crippen LogP contribution < -0.4 is 5.73 Å². The van der Waals surface area contributed by atoms with E-state index in [1.807, 2.05) is 0 Å². The van der Waals surface area contributed by atoms with E-state index in [2.05, 4.69) is 11.8 Å². The first kappa shape index (κ1) is 12.0. The molecule has 2 saturated carbocycles. The second kappa shape index (κ2) is 4.55. The smallest absolute Gasteiger partial charge is 0.0337 e. The Bertz CT molecular complexity index is 278. The van der Waals surface area contributed by atoms with Crippen LogP contribution in [-0.2, 0) is 0 Å². The van der Waals surface area contributed by atoms with Gasteiger partial charge in [0, 0.05) is 18.1 Å². The summed E-state index contributed by atoms with van der Waals surface area (Å²) in [5.74, 6) is 1.89. The highest BCUT2D eigenvalue weighted by Gasteiger charge is 2.47. The van der Waals surface area contributed by atoms with Crippen molar-refractivity contribution in [3.8, 4) is 0 Å². The monoisotopic (exact) mass is 236 g/mol. The molecule has 0 spiro atoms. The Hall–Kier alpha value is -0.0800. The van der Waals surface area contributed by atoms with Gasteiger partial charge in [-0.2, -0.15) is 0 Å². The van der Waals surface area contributed by atoms with Crippen LogP contribution in [0.4, 0.5) is 0 Å². The van der Waals surface area contributed by atoms with E-state index in [0.29, 0.717) is 5.54 Å². The number of hydrogen-bond donors (Lipinski definition) is 1. The molecular formula is C15H28N2. The Morgan fingerprint density at radius 2 is 2.00 bits per heavy atom. The van der Waals surface area contributed by atoms with Gasteiger partial charge in [0.25, 0.3) is 0 Å². The number of hydrogen-bond acceptors (Lipinski definition) is 2. The molecule has 1 saturated heterocycles. The Morgan fingerprint density at radius 3 is 2.71 bits per heavy atom. The fourth-order valence-electron chi connectivity index (χ4n) is 4.97. The molecule has 3 rings (SSSR count). The van der Waals surface area contributed by atoms with E-state index >= 15 is 0 Å². The van der Waals surface area contributed by atoms with Gasteiger partial charge in [0.15, 0.2) is 0 Å². The van der Waals surface area contributed by atoms with Crippen LogP contribution in [0.2, 0.25) is 0 Å². The van der Waals surface area contributed by atoms with Crippen molar-refractivity contribution in [3.05, 3.63) is 0 Å². The molecule has 2 N–H and O–H groups in total. The van der Waals surface area contributed by atoms with E-state index in [1.165, 1.54) is 57.9 Å². The van der Waals surface area contributed by atoms with Crippen LogP contribution in [0.3, 0.4) is 0 Å². The molecule has 0 amide bonds. The Balaban J connectivity index is 1.81. The van der Waals surface area contributed by atoms with E-state index in [0.717, 1.165) is 24.4 Å². The first-order valence-corrected chi connectivity index (χ1v) is 7.72. The molecular weight excluding hydrogens is 208 g/mol. The highest BCUT2D eigenvalue weighted by molar-refractivity contribution is 5.03. The van der Waals surface area contributed by atoms with Gasteiger partial charge < -0.3 is 5.73 Å². The van der Waals surface area contributed by atoms with E-state index in [9.17, 15) is 0 Å². The van der Waals surface area contributed by atoms with Gasteiger partial charge in [0.2, 0.25) is 0 Å². The van der Waals surface area contributed by atoms with Crippen molar-refractivity contribution in [1.29, 1.82) is 0 Å². The zero-order valence-corrected chi connectivity index (χ0v) is 11.3. The Morgan fingerprint density at radius 1 is 1.18 bits per heavy atom. The Labute approximate surface area is 106 Å². The summed E-state index contributed by atoms with van der Waals surface area (Å²) < 4.78 is 0. The Kier molecular flexibility index (Phi) is 3.20. The summed E-state index contributed by atoms with van der Waals surface area (Å²) in [4.78, 5) is 2.87. The predicted molar refractivity (Wildman–Crippen MR) is 71.9 cm³/mol. The highest BCUT2D eigenvalue weighted by atomic mass is 15.3. The molecule has 0 bridgehead atoms. The second-order valence-electron chi connectivity index (χ2n) is 6.87. The van der Waals surface area contributed by atoms with Crippen molar-refractivity contribution in [2.45, 2.75) is 69.9 Å². The standard InChI is InChI=1S/C15H28N2/c1-12-7-8-15(10-12,11-16)17-9-3-5-13-4-2-6-14(13)17/h12-14H,2-11,16H2,1H3. The molecule has 3 fully saturated rings. The van der Waals surface area contributed by atoms with E-state index in [-0.39, 0.29) is 0 Å². The number of fused-ring (bicyclic) bond motifs is 1. The number of rotatable bonds is 2. The van der Waals surface area contributed by atoms with Gasteiger partial charge >= 0.3 is 0 Å². The zero-order chi connectivity index (χ0) is 11.9. The molecule has 2 heteroatoms. The maximum atomic E-state index is 6.20. The minimum atomic E-state index is 0.382. The highest BCUT2D eigenvalue weighted by Crippen LogP contribution is 2.46. The number of nitrogens with two attached hydrogens (primary N) is 1. The lowest BCUT2D eigenvalue weighted by Crippen LogP contribution is -2.59. The second-order valence-corrected chi connectivity index (χ2v) is 6.87. The van der Waals surface area contributed by atoms with Crippen LogP contribution in [-0.4, -0.2) is 29.6 Å². The topological polar surface area (TPSA) is 29.3 Å². The SMILES string of the molecule is CC1CCC(CN)(N2CCCC3CCCC32)C1. The number of piperidine rings is 1. The van der Waals surface area contributed by atoms with E-state index < -0.39 is 0 Å². The van der Waals surface area contributed by atoms with Crippen molar-refractivity contribution in [2.24, 2.45) is 17.6 Å². The molecule has 0 aromatic heterocycles. The third-order valence-corrected chi connectivity index (χ3v) is 5.81. The number of likely N-dealkylation sites (tertiary alicyclic amines) is 1. The minimum Gasteiger partial charge on any atom is -0.329 e. The van der Waals surface area contributed by atoms with Gasteiger partial charge in [-0.3, -0.25) is 4.90 Å². The first-order chi connectivity index (χ1) is 8.25. The van der Waals surface area contributed by atoms with Crippen molar-refractivity contribution < 1.29 is 0 Å². The van der Waals surface area contributed by atoms with Crippen LogP contribution in [0, 0.1) is 11.8 Å². The normalized spacial score (nSPS) is 47.3. The maximum absolute atomic E-state index is 6.20. The van der Waals surface area contributed by atoms with E-state index in [1.54, 1.807) is 0 Å². The molecule has 0 aromatic carbocycles. The molecule has 0 radical (unpaired) electrons. The molecule has 17 heavy (non-hydrogen) atoms. The molecule has 1 heterocycles. The predicted octanol–water partition coefficient (Wildman–Crippen LogP) is 2.77. The molecule has 4 atom stereocenters. The summed E-state index contributed by atoms with van der Waals surface area (Å²) in [5.41, 5.74) is 6.59. The van der Waals surface area contributed by atoms with Gasteiger partial charge in [-0.05, 0) is 63.3 Å². The third-order valence-electron chi connectivity index (χ3n) is 5.81. The molecule has 0 aromatic rings. The van der Waals surface area contributed by atoms with Crippen molar-refractivity contribution in [1.82, 2.24) is 4.90 Å². The first-order valence-electron chi connectivity index (χ1n) is 7.72. The maximum Gasteiger partial charge on any atom is 0.0337 e. The zero-order valence-electron chi connectivity index (χ0n) is 11.3. The van der Waals surface area contributed by atoms with Gasteiger partial charge in [-0.15, -0.1) is 0 Å². The van der Waals surface area contributed by atoms with Crippen molar-refractivity contribution in [3.63, 3.8) is 0 Å². The van der Waals surface area contributed by atoms with Crippen molar-refractivity contribution in [2.75, 3.05) is 13.1 Å². The summed E-state index contributed by atoms with van der Waals surface area (Å²) in [5, 5.41) is 0. The van der Waals surface area contributed by atoms with Crippen LogP contribution in [0.1, 0.15) is 58.3 Å². The summed E-state index contributed by atoms with van der Waals surface area (Å²) >= 11 is 0. The van der Waals surface area contributed by atoms with Gasteiger partial charge in [-0.1, -0.05) is 13.3 Å². The molecule has 2 nitrogen and oxygen atoms in total. The molecule has 98 valence electrons. The van der Waals surface area contributed by atoms with Gasteiger partial charge in [0.1, 0.15) is 0 Å². The molecule has 3 aliphatic rings. The summed E-state index contributed by atoms with van der Waals surface area (Å²) in [6.07, 6.45) is 11.4. The van der Waals surface area contributed by atoms with Crippen molar-refractivity contribution >= 4 is 0 Å². The quantitative estimate of drug-likeness (QED) is 0.799. The van der Waals surface area contributed by atoms with Gasteiger partial charge in [0.05, 0.1) is 0 Å². The summed E-state index contributed by atoms with van der Waals surface area (Å²) in [7, 11) is 0. The van der Waals surface area contributed by atoms with E-state index in [4.69, 9.17) is 5.73 Å². The average molecular weight is 236 g/mol.